The zero-order chi connectivity index (χ0) is 15.8. The third-order valence-electron chi connectivity index (χ3n) is 3.19. The number of hydrogen-bond acceptors (Lipinski definition) is 4. The Kier molecular flexibility index (Phi) is 7.19. The van der Waals surface area contributed by atoms with Crippen molar-refractivity contribution in [1.82, 2.24) is 4.90 Å². The van der Waals surface area contributed by atoms with Crippen LogP contribution in [-0.4, -0.2) is 55.9 Å². The van der Waals surface area contributed by atoms with Crippen LogP contribution in [0.1, 0.15) is 17.5 Å². The molecule has 1 unspecified atom stereocenters. The molecular formula is C16H25NO4. The summed E-state index contributed by atoms with van der Waals surface area (Å²) in [6.45, 7) is 4.78. The number of hydrogen-bond donors (Lipinski definition) is 1. The number of amides is 1. The predicted molar refractivity (Wildman–Crippen MR) is 81.5 cm³/mol. The summed E-state index contributed by atoms with van der Waals surface area (Å²) in [5, 5.41) is 9.59. The van der Waals surface area contributed by atoms with E-state index >= 15 is 0 Å². The zero-order valence-electron chi connectivity index (χ0n) is 13.3. The molecule has 1 N–H and O–H groups in total. The molecule has 0 aromatic heterocycles. The number of nitrogens with zero attached hydrogens (tertiary/aromatic N) is 1. The van der Waals surface area contributed by atoms with Gasteiger partial charge in [0.2, 0.25) is 5.91 Å². The molecular weight excluding hydrogens is 270 g/mol. The third kappa shape index (κ3) is 6.14. The first-order chi connectivity index (χ1) is 9.93. The summed E-state index contributed by atoms with van der Waals surface area (Å²) in [5.41, 5.74) is 2.18. The van der Waals surface area contributed by atoms with E-state index in [1.165, 1.54) is 12.0 Å². The normalized spacial score (nSPS) is 12.0. The van der Waals surface area contributed by atoms with E-state index in [4.69, 9.17) is 9.47 Å². The van der Waals surface area contributed by atoms with Crippen molar-refractivity contribution in [1.29, 1.82) is 0 Å². The van der Waals surface area contributed by atoms with Crippen molar-refractivity contribution < 1.29 is 19.4 Å². The lowest BCUT2D eigenvalue weighted by Crippen LogP contribution is -2.36. The molecule has 5 heteroatoms. The Labute approximate surface area is 126 Å². The van der Waals surface area contributed by atoms with Crippen LogP contribution in [-0.2, 0) is 9.53 Å². The number of ether oxygens (including phenoxy) is 2. The van der Waals surface area contributed by atoms with Gasteiger partial charge in [-0.1, -0.05) is 12.1 Å². The molecule has 5 nitrogen and oxygen atoms in total. The van der Waals surface area contributed by atoms with Crippen LogP contribution in [0.4, 0.5) is 0 Å². The summed E-state index contributed by atoms with van der Waals surface area (Å²) in [4.78, 5) is 13.4. The van der Waals surface area contributed by atoms with E-state index in [0.717, 1.165) is 16.9 Å². The van der Waals surface area contributed by atoms with Crippen LogP contribution in [0, 0.1) is 13.8 Å². The molecule has 0 aliphatic carbocycles. The Hall–Kier alpha value is -1.59. The maximum absolute atomic E-state index is 11.9. The maximum atomic E-state index is 11.9. The van der Waals surface area contributed by atoms with Crippen LogP contribution < -0.4 is 4.74 Å². The molecule has 0 saturated heterocycles. The minimum absolute atomic E-state index is 0.0598. The Morgan fingerprint density at radius 3 is 2.76 bits per heavy atom. The second-order valence-corrected chi connectivity index (χ2v) is 5.25. The smallest absolute Gasteiger partial charge is 0.225 e. The van der Waals surface area contributed by atoms with Crippen molar-refractivity contribution in [3.63, 3.8) is 0 Å². The van der Waals surface area contributed by atoms with Gasteiger partial charge in [0.15, 0.2) is 0 Å². The number of carbonyl (C=O) groups excluding carboxylic acids is 1. The number of aryl methyl sites for hydroxylation is 2. The molecule has 1 rings (SSSR count). The van der Waals surface area contributed by atoms with Gasteiger partial charge < -0.3 is 19.5 Å². The fourth-order valence-corrected chi connectivity index (χ4v) is 1.97. The number of aliphatic hydroxyl groups excluding tert-OH is 1. The van der Waals surface area contributed by atoms with Gasteiger partial charge in [0.1, 0.15) is 5.75 Å². The lowest BCUT2D eigenvalue weighted by atomic mass is 10.1. The second kappa shape index (κ2) is 8.64. The van der Waals surface area contributed by atoms with Crippen LogP contribution >= 0.6 is 0 Å². The van der Waals surface area contributed by atoms with Crippen molar-refractivity contribution in [2.24, 2.45) is 0 Å². The van der Waals surface area contributed by atoms with Gasteiger partial charge in [-0.3, -0.25) is 4.79 Å². The number of benzene rings is 1. The minimum atomic E-state index is -0.663. The van der Waals surface area contributed by atoms with E-state index in [2.05, 4.69) is 0 Å². The van der Waals surface area contributed by atoms with Gasteiger partial charge in [0.05, 0.1) is 25.7 Å². The molecule has 0 saturated carbocycles. The molecule has 1 amide bonds. The average molecular weight is 295 g/mol. The van der Waals surface area contributed by atoms with Crippen molar-refractivity contribution >= 4 is 5.91 Å². The number of aliphatic hydroxyl groups is 1. The molecule has 0 aliphatic rings. The lowest BCUT2D eigenvalue weighted by molar-refractivity contribution is -0.132. The van der Waals surface area contributed by atoms with Crippen LogP contribution in [0.3, 0.4) is 0 Å². The average Bonchev–Trinajstić information content (AvgIpc) is 2.42. The molecule has 0 aliphatic heterocycles. The van der Waals surface area contributed by atoms with Crippen molar-refractivity contribution in [3.05, 3.63) is 29.3 Å². The Morgan fingerprint density at radius 1 is 1.38 bits per heavy atom. The Morgan fingerprint density at radius 2 is 2.10 bits per heavy atom. The highest BCUT2D eigenvalue weighted by Gasteiger charge is 2.13. The highest BCUT2D eigenvalue weighted by atomic mass is 16.5. The molecule has 1 aromatic carbocycles. The van der Waals surface area contributed by atoms with Gasteiger partial charge in [-0.25, -0.2) is 0 Å². The first-order valence-corrected chi connectivity index (χ1v) is 7.05. The van der Waals surface area contributed by atoms with E-state index in [1.54, 1.807) is 7.05 Å². The number of likely N-dealkylation sites (N-methyl/N-ethyl adjacent to an activating group) is 1. The summed E-state index contributed by atoms with van der Waals surface area (Å²) in [6, 6.07) is 5.99. The van der Waals surface area contributed by atoms with Gasteiger partial charge in [-0.15, -0.1) is 0 Å². The van der Waals surface area contributed by atoms with Crippen molar-refractivity contribution in [2.75, 3.05) is 33.9 Å². The molecule has 0 heterocycles. The van der Waals surface area contributed by atoms with E-state index in [1.807, 2.05) is 32.0 Å². The predicted octanol–water partition coefficient (Wildman–Crippen LogP) is 1.54. The number of carbonyl (C=O) groups is 1. The van der Waals surface area contributed by atoms with Crippen LogP contribution in [0.15, 0.2) is 18.2 Å². The van der Waals surface area contributed by atoms with Gasteiger partial charge in [-0.2, -0.15) is 0 Å². The summed E-state index contributed by atoms with van der Waals surface area (Å²) in [6.07, 6.45) is -0.382. The van der Waals surface area contributed by atoms with E-state index in [9.17, 15) is 9.90 Å². The lowest BCUT2D eigenvalue weighted by Gasteiger charge is -2.20. The van der Waals surface area contributed by atoms with Crippen LogP contribution in [0.5, 0.6) is 5.75 Å². The summed E-state index contributed by atoms with van der Waals surface area (Å²) >= 11 is 0. The second-order valence-electron chi connectivity index (χ2n) is 5.25. The van der Waals surface area contributed by atoms with E-state index in [-0.39, 0.29) is 25.5 Å². The quantitative estimate of drug-likeness (QED) is 0.790. The van der Waals surface area contributed by atoms with Crippen molar-refractivity contribution in [2.45, 2.75) is 26.4 Å². The number of methoxy groups -OCH3 is 1. The van der Waals surface area contributed by atoms with Gasteiger partial charge in [0, 0.05) is 20.7 Å². The minimum Gasteiger partial charge on any atom is -0.493 e. The highest BCUT2D eigenvalue weighted by Crippen LogP contribution is 2.19. The number of rotatable bonds is 8. The monoisotopic (exact) mass is 295 g/mol. The Balaban J connectivity index is 2.37. The van der Waals surface area contributed by atoms with Crippen LogP contribution in [0.25, 0.3) is 0 Å². The fourth-order valence-electron chi connectivity index (χ4n) is 1.97. The largest absolute Gasteiger partial charge is 0.493 e. The van der Waals surface area contributed by atoms with Crippen LogP contribution in [0.2, 0.25) is 0 Å². The third-order valence-corrected chi connectivity index (χ3v) is 3.19. The maximum Gasteiger partial charge on any atom is 0.225 e. The molecule has 0 radical (unpaired) electrons. The zero-order valence-corrected chi connectivity index (χ0v) is 13.3. The fraction of sp³-hybridized carbons (Fsp3) is 0.562. The van der Waals surface area contributed by atoms with Gasteiger partial charge >= 0.3 is 0 Å². The molecule has 0 spiro atoms. The standard InChI is InChI=1S/C16H25NO4/c1-12-5-6-13(2)15(9-12)21-8-7-16(19)17(3)10-14(18)11-20-4/h5-6,9,14,18H,7-8,10-11H2,1-4H3. The molecule has 21 heavy (non-hydrogen) atoms. The van der Waals surface area contributed by atoms with E-state index in [0.29, 0.717) is 6.61 Å². The molecule has 1 atom stereocenters. The molecule has 1 aromatic rings. The summed E-state index contributed by atoms with van der Waals surface area (Å²) < 4.78 is 10.5. The van der Waals surface area contributed by atoms with Gasteiger partial charge in [0.25, 0.3) is 0 Å². The summed E-state index contributed by atoms with van der Waals surface area (Å²) in [7, 11) is 3.18. The molecule has 0 bridgehead atoms. The van der Waals surface area contributed by atoms with Crippen molar-refractivity contribution in [3.8, 4) is 5.75 Å². The van der Waals surface area contributed by atoms with E-state index < -0.39 is 6.10 Å². The molecule has 118 valence electrons. The Bertz CT molecular complexity index is 462. The first kappa shape index (κ1) is 17.5. The van der Waals surface area contributed by atoms with Gasteiger partial charge in [-0.05, 0) is 31.0 Å². The first-order valence-electron chi connectivity index (χ1n) is 7.05. The summed E-state index contributed by atoms with van der Waals surface area (Å²) in [5.74, 6) is 0.750. The topological polar surface area (TPSA) is 59.0 Å². The molecule has 0 fully saturated rings. The SMILES string of the molecule is COCC(O)CN(C)C(=O)CCOc1cc(C)ccc1C. The highest BCUT2D eigenvalue weighted by molar-refractivity contribution is 5.76.